The molecule has 0 amide bonds. The number of aryl methyl sites for hydroxylation is 2. The summed E-state index contributed by atoms with van der Waals surface area (Å²) >= 11 is 1.79. The second kappa shape index (κ2) is 4.60. The number of aliphatic hydroxyl groups is 1. The Bertz CT molecular complexity index is 335. The smallest absolute Gasteiger partial charge is 0.0900 e. The number of nitrogens with one attached hydrogen (secondary N) is 1. The van der Waals surface area contributed by atoms with Crippen molar-refractivity contribution in [2.24, 2.45) is 0 Å². The number of aromatic nitrogens is 1. The number of aliphatic hydroxyl groups excluding tert-OH is 1. The van der Waals surface area contributed by atoms with Crippen LogP contribution >= 0.6 is 11.3 Å². The lowest BCUT2D eigenvalue weighted by atomic mass is 9.98. The van der Waals surface area contributed by atoms with E-state index >= 15 is 0 Å². The highest BCUT2D eigenvalue weighted by Crippen LogP contribution is 2.33. The Morgan fingerprint density at radius 2 is 2.47 bits per heavy atom. The summed E-state index contributed by atoms with van der Waals surface area (Å²) in [5.41, 5.74) is 1.27. The van der Waals surface area contributed by atoms with E-state index in [1.807, 2.05) is 6.92 Å². The Hall–Kier alpha value is -0.450. The number of nitrogens with zero attached hydrogens (tertiary/aromatic N) is 1. The molecule has 0 aliphatic heterocycles. The third-order valence-electron chi connectivity index (χ3n) is 2.72. The number of fused-ring (bicyclic) bond motifs is 1. The molecule has 0 aromatic carbocycles. The fourth-order valence-electron chi connectivity index (χ4n) is 2.05. The maximum Gasteiger partial charge on any atom is 0.0900 e. The summed E-state index contributed by atoms with van der Waals surface area (Å²) in [5.74, 6) is 0. The average molecular weight is 226 g/mol. The molecule has 0 saturated heterocycles. The van der Waals surface area contributed by atoms with Crippen LogP contribution in [0.1, 0.15) is 41.4 Å². The van der Waals surface area contributed by atoms with Crippen molar-refractivity contribution in [3.63, 3.8) is 0 Å². The van der Waals surface area contributed by atoms with Crippen molar-refractivity contribution in [2.75, 3.05) is 6.54 Å². The van der Waals surface area contributed by atoms with E-state index in [0.717, 1.165) is 11.4 Å². The average Bonchev–Trinajstić information content (AvgIpc) is 2.55. The molecule has 84 valence electrons. The second-order valence-electron chi connectivity index (χ2n) is 4.25. The van der Waals surface area contributed by atoms with E-state index in [-0.39, 0.29) is 6.10 Å². The predicted molar refractivity (Wildman–Crippen MR) is 62.2 cm³/mol. The first-order valence-corrected chi connectivity index (χ1v) is 6.36. The fraction of sp³-hybridized carbons (Fsp3) is 0.727. The Kier molecular flexibility index (Phi) is 3.38. The molecule has 1 heterocycles. The zero-order valence-corrected chi connectivity index (χ0v) is 10.1. The molecular weight excluding hydrogens is 208 g/mol. The molecule has 1 aliphatic carbocycles. The second-order valence-corrected chi connectivity index (χ2v) is 5.48. The molecule has 0 radical (unpaired) electrons. The van der Waals surface area contributed by atoms with Gasteiger partial charge in [-0.1, -0.05) is 0 Å². The molecule has 1 aromatic heterocycles. The maximum absolute atomic E-state index is 9.26. The highest BCUT2D eigenvalue weighted by Gasteiger charge is 2.23. The van der Waals surface area contributed by atoms with E-state index in [9.17, 15) is 5.11 Å². The van der Waals surface area contributed by atoms with E-state index in [1.54, 1.807) is 11.3 Å². The van der Waals surface area contributed by atoms with Crippen LogP contribution in [0.25, 0.3) is 0 Å². The minimum absolute atomic E-state index is 0.274. The third-order valence-corrected chi connectivity index (χ3v) is 3.84. The highest BCUT2D eigenvalue weighted by atomic mass is 32.1. The van der Waals surface area contributed by atoms with Gasteiger partial charge in [-0.05, 0) is 33.1 Å². The fourth-order valence-corrected chi connectivity index (χ4v) is 3.13. The van der Waals surface area contributed by atoms with Gasteiger partial charge in [0.05, 0.1) is 16.8 Å². The van der Waals surface area contributed by atoms with Gasteiger partial charge in [0.2, 0.25) is 0 Å². The molecule has 0 saturated carbocycles. The molecule has 0 spiro atoms. The quantitative estimate of drug-likeness (QED) is 0.826. The van der Waals surface area contributed by atoms with Gasteiger partial charge in [0, 0.05) is 17.5 Å². The van der Waals surface area contributed by atoms with Crippen LogP contribution in [0.5, 0.6) is 0 Å². The lowest BCUT2D eigenvalue weighted by molar-refractivity contribution is 0.184. The minimum Gasteiger partial charge on any atom is -0.392 e. The van der Waals surface area contributed by atoms with Crippen LogP contribution in [0.4, 0.5) is 0 Å². The molecule has 1 unspecified atom stereocenters. The summed E-state index contributed by atoms with van der Waals surface area (Å²) in [7, 11) is 0. The summed E-state index contributed by atoms with van der Waals surface area (Å²) < 4.78 is 0. The van der Waals surface area contributed by atoms with Crippen LogP contribution in [0.15, 0.2) is 0 Å². The SMILES string of the molecule is Cc1nc2c(s1)C(NC[C@H](C)O)CCC2. The van der Waals surface area contributed by atoms with E-state index in [0.29, 0.717) is 12.6 Å². The largest absolute Gasteiger partial charge is 0.392 e. The van der Waals surface area contributed by atoms with E-state index in [2.05, 4.69) is 17.2 Å². The number of hydrogen-bond donors (Lipinski definition) is 2. The summed E-state index contributed by atoms with van der Waals surface area (Å²) in [6.45, 7) is 4.55. The minimum atomic E-state index is -0.274. The molecule has 0 fully saturated rings. The maximum atomic E-state index is 9.26. The van der Waals surface area contributed by atoms with Gasteiger partial charge in [-0.3, -0.25) is 0 Å². The molecule has 0 bridgehead atoms. The summed E-state index contributed by atoms with van der Waals surface area (Å²) in [6, 6.07) is 0.412. The summed E-state index contributed by atoms with van der Waals surface area (Å²) in [6.07, 6.45) is 3.21. The molecular formula is C11H18N2OS. The number of thiazole rings is 1. The zero-order valence-electron chi connectivity index (χ0n) is 9.29. The van der Waals surface area contributed by atoms with Gasteiger partial charge in [0.25, 0.3) is 0 Å². The first kappa shape index (κ1) is 11.0. The first-order valence-electron chi connectivity index (χ1n) is 5.54. The van der Waals surface area contributed by atoms with Gasteiger partial charge >= 0.3 is 0 Å². The van der Waals surface area contributed by atoms with Crippen molar-refractivity contribution in [3.8, 4) is 0 Å². The van der Waals surface area contributed by atoms with Crippen LogP contribution in [0, 0.1) is 6.92 Å². The standard InChI is InChI=1S/C11H18N2OS/c1-7(14)6-12-9-4-3-5-10-11(9)15-8(2)13-10/h7,9,12,14H,3-6H2,1-2H3/t7-,9?/m0/s1. The number of rotatable bonds is 3. The summed E-state index contributed by atoms with van der Waals surface area (Å²) in [5, 5.41) is 13.8. The predicted octanol–water partition coefficient (Wildman–Crippen LogP) is 1.80. The first-order chi connectivity index (χ1) is 7.16. The van der Waals surface area contributed by atoms with Crippen molar-refractivity contribution in [2.45, 2.75) is 45.3 Å². The van der Waals surface area contributed by atoms with Gasteiger partial charge in [0.15, 0.2) is 0 Å². The van der Waals surface area contributed by atoms with Gasteiger partial charge in [0.1, 0.15) is 0 Å². The monoisotopic (exact) mass is 226 g/mol. The Morgan fingerprint density at radius 3 is 3.20 bits per heavy atom. The van der Waals surface area contributed by atoms with E-state index in [1.165, 1.54) is 23.4 Å². The van der Waals surface area contributed by atoms with Crippen molar-refractivity contribution in [1.82, 2.24) is 10.3 Å². The van der Waals surface area contributed by atoms with E-state index in [4.69, 9.17) is 0 Å². The lowest BCUT2D eigenvalue weighted by Crippen LogP contribution is -2.30. The Morgan fingerprint density at radius 1 is 1.67 bits per heavy atom. The number of hydrogen-bond acceptors (Lipinski definition) is 4. The van der Waals surface area contributed by atoms with Crippen LogP contribution in [-0.2, 0) is 6.42 Å². The third kappa shape index (κ3) is 2.56. The van der Waals surface area contributed by atoms with Gasteiger partial charge < -0.3 is 10.4 Å². The van der Waals surface area contributed by atoms with Crippen LogP contribution in [0.2, 0.25) is 0 Å². The van der Waals surface area contributed by atoms with Gasteiger partial charge in [-0.25, -0.2) is 4.98 Å². The van der Waals surface area contributed by atoms with E-state index < -0.39 is 0 Å². The normalized spacial score (nSPS) is 22.5. The molecule has 1 aromatic rings. The van der Waals surface area contributed by atoms with Crippen LogP contribution in [-0.4, -0.2) is 22.7 Å². The van der Waals surface area contributed by atoms with Crippen molar-refractivity contribution >= 4 is 11.3 Å². The highest BCUT2D eigenvalue weighted by molar-refractivity contribution is 7.11. The van der Waals surface area contributed by atoms with Crippen LogP contribution < -0.4 is 5.32 Å². The molecule has 15 heavy (non-hydrogen) atoms. The van der Waals surface area contributed by atoms with Crippen LogP contribution in [0.3, 0.4) is 0 Å². The zero-order chi connectivity index (χ0) is 10.8. The molecule has 1 aliphatic rings. The Labute approximate surface area is 94.5 Å². The van der Waals surface area contributed by atoms with Gasteiger partial charge in [-0.15, -0.1) is 11.3 Å². The van der Waals surface area contributed by atoms with Crippen molar-refractivity contribution < 1.29 is 5.11 Å². The molecule has 2 atom stereocenters. The summed E-state index contributed by atoms with van der Waals surface area (Å²) in [4.78, 5) is 5.93. The van der Waals surface area contributed by atoms with Gasteiger partial charge in [-0.2, -0.15) is 0 Å². The molecule has 2 rings (SSSR count). The lowest BCUT2D eigenvalue weighted by Gasteiger charge is -2.23. The molecule has 2 N–H and O–H groups in total. The Balaban J connectivity index is 2.08. The van der Waals surface area contributed by atoms with Crippen molar-refractivity contribution in [3.05, 3.63) is 15.6 Å². The molecule has 4 heteroatoms. The molecule has 3 nitrogen and oxygen atoms in total. The van der Waals surface area contributed by atoms with Crippen molar-refractivity contribution in [1.29, 1.82) is 0 Å². The topological polar surface area (TPSA) is 45.2 Å².